The molecule has 4 heteroatoms. The van der Waals surface area contributed by atoms with Crippen LogP contribution >= 0.6 is 0 Å². The summed E-state index contributed by atoms with van der Waals surface area (Å²) in [6, 6.07) is 1.35. The van der Waals surface area contributed by atoms with Gasteiger partial charge in [-0.3, -0.25) is 9.69 Å². The molecule has 3 aliphatic heterocycles. The highest BCUT2D eigenvalue weighted by Gasteiger charge is 2.45. The van der Waals surface area contributed by atoms with Crippen LogP contribution in [0.25, 0.3) is 0 Å². The van der Waals surface area contributed by atoms with Crippen LogP contribution in [0.1, 0.15) is 44.9 Å². The molecule has 3 heterocycles. The number of carboxylic acid groups (broad SMARTS) is 1. The number of carbonyl (C=O) groups is 1. The van der Waals surface area contributed by atoms with Gasteiger partial charge in [0, 0.05) is 18.5 Å². The van der Waals surface area contributed by atoms with Gasteiger partial charge in [-0.2, -0.15) is 0 Å². The van der Waals surface area contributed by atoms with E-state index in [0.29, 0.717) is 12.5 Å². The van der Waals surface area contributed by atoms with E-state index in [1.54, 1.807) is 0 Å². The molecule has 0 spiro atoms. The van der Waals surface area contributed by atoms with Crippen molar-refractivity contribution >= 4 is 5.97 Å². The fourth-order valence-electron chi connectivity index (χ4n) is 4.66. The summed E-state index contributed by atoms with van der Waals surface area (Å²) < 4.78 is 0. The Balaban J connectivity index is 1.62. The van der Waals surface area contributed by atoms with Gasteiger partial charge in [0.2, 0.25) is 0 Å². The average molecular weight is 266 g/mol. The van der Waals surface area contributed by atoms with Gasteiger partial charge >= 0.3 is 5.97 Å². The predicted molar refractivity (Wildman–Crippen MR) is 74.1 cm³/mol. The number of rotatable bonds is 4. The van der Waals surface area contributed by atoms with Gasteiger partial charge < -0.3 is 10.4 Å². The minimum absolute atomic E-state index is 0.322. The monoisotopic (exact) mass is 266 g/mol. The van der Waals surface area contributed by atoms with E-state index in [1.165, 1.54) is 38.8 Å². The van der Waals surface area contributed by atoms with Crippen molar-refractivity contribution in [2.45, 2.75) is 57.0 Å². The summed E-state index contributed by atoms with van der Waals surface area (Å²) in [6.07, 6.45) is 7.58. The number of carboxylic acids is 1. The largest absolute Gasteiger partial charge is 0.481 e. The molecule has 3 fully saturated rings. The molecule has 0 bridgehead atoms. The molecule has 0 saturated carbocycles. The predicted octanol–water partition coefficient (Wildman–Crippen LogP) is 1.70. The zero-order chi connectivity index (χ0) is 13.2. The highest BCUT2D eigenvalue weighted by Crippen LogP contribution is 2.39. The zero-order valence-corrected chi connectivity index (χ0v) is 11.7. The van der Waals surface area contributed by atoms with Crippen LogP contribution in [0, 0.1) is 11.8 Å². The van der Waals surface area contributed by atoms with E-state index >= 15 is 0 Å². The Morgan fingerprint density at radius 3 is 2.84 bits per heavy atom. The fourth-order valence-corrected chi connectivity index (χ4v) is 4.66. The van der Waals surface area contributed by atoms with Crippen LogP contribution in [0.5, 0.6) is 0 Å². The van der Waals surface area contributed by atoms with E-state index in [2.05, 4.69) is 10.2 Å². The van der Waals surface area contributed by atoms with Crippen LogP contribution in [0.3, 0.4) is 0 Å². The van der Waals surface area contributed by atoms with Crippen molar-refractivity contribution < 1.29 is 9.90 Å². The summed E-state index contributed by atoms with van der Waals surface area (Å²) in [5, 5.41) is 12.5. The van der Waals surface area contributed by atoms with Crippen LogP contribution in [-0.4, -0.2) is 47.7 Å². The van der Waals surface area contributed by atoms with Crippen molar-refractivity contribution in [3.8, 4) is 0 Å². The van der Waals surface area contributed by atoms with Gasteiger partial charge in [-0.05, 0) is 70.0 Å². The lowest BCUT2D eigenvalue weighted by Gasteiger charge is -2.54. The number of hydrogen-bond acceptors (Lipinski definition) is 3. The molecule has 0 aromatic carbocycles. The molecule has 1 unspecified atom stereocenters. The van der Waals surface area contributed by atoms with Crippen LogP contribution in [0.15, 0.2) is 0 Å². The van der Waals surface area contributed by atoms with Gasteiger partial charge in [-0.25, -0.2) is 0 Å². The lowest BCUT2D eigenvalue weighted by molar-refractivity contribution is -0.137. The van der Waals surface area contributed by atoms with Gasteiger partial charge in [-0.1, -0.05) is 0 Å². The van der Waals surface area contributed by atoms with Crippen LogP contribution < -0.4 is 5.32 Å². The topological polar surface area (TPSA) is 52.6 Å². The molecule has 0 radical (unpaired) electrons. The molecule has 0 aliphatic carbocycles. The van der Waals surface area contributed by atoms with E-state index in [0.717, 1.165) is 37.3 Å². The Hall–Kier alpha value is -0.610. The minimum atomic E-state index is -0.656. The molecule has 4 atom stereocenters. The third-order valence-corrected chi connectivity index (χ3v) is 5.41. The first-order valence-corrected chi connectivity index (χ1v) is 7.95. The molecule has 3 aliphatic rings. The number of hydrogen-bond donors (Lipinski definition) is 2. The van der Waals surface area contributed by atoms with E-state index in [-0.39, 0.29) is 0 Å². The minimum Gasteiger partial charge on any atom is -0.481 e. The van der Waals surface area contributed by atoms with Crippen molar-refractivity contribution in [2.24, 2.45) is 11.8 Å². The van der Waals surface area contributed by atoms with Crippen molar-refractivity contribution in [1.29, 1.82) is 0 Å². The molecule has 0 amide bonds. The molecule has 3 saturated heterocycles. The highest BCUT2D eigenvalue weighted by atomic mass is 16.4. The van der Waals surface area contributed by atoms with Crippen molar-refractivity contribution in [3.05, 3.63) is 0 Å². The van der Waals surface area contributed by atoms with Crippen molar-refractivity contribution in [2.75, 3.05) is 19.6 Å². The molecule has 4 nitrogen and oxygen atoms in total. The Bertz CT molecular complexity index is 325. The summed E-state index contributed by atoms with van der Waals surface area (Å²) in [5.74, 6) is 0.952. The summed E-state index contributed by atoms with van der Waals surface area (Å²) >= 11 is 0. The van der Waals surface area contributed by atoms with Crippen LogP contribution in [0.2, 0.25) is 0 Å². The lowest BCUT2D eigenvalue weighted by Crippen LogP contribution is -2.63. The second-order valence-corrected chi connectivity index (χ2v) is 6.54. The standard InChI is InChI=1S/C15H26N2O2/c18-14(19)7-1-6-13-12-5-3-9-17-8-2-4-11(10-16-13)15(12)17/h11-13,15-16H,1-10H2,(H,18,19)/t11-,12?,13+,15-/m0/s1. The number of nitrogens with zero attached hydrogens (tertiary/aromatic N) is 1. The summed E-state index contributed by atoms with van der Waals surface area (Å²) in [5.41, 5.74) is 0. The van der Waals surface area contributed by atoms with E-state index in [4.69, 9.17) is 5.11 Å². The number of piperidine rings is 3. The second-order valence-electron chi connectivity index (χ2n) is 6.54. The van der Waals surface area contributed by atoms with Gasteiger partial charge in [-0.15, -0.1) is 0 Å². The Kier molecular flexibility index (Phi) is 4.08. The Morgan fingerprint density at radius 2 is 2.05 bits per heavy atom. The highest BCUT2D eigenvalue weighted by molar-refractivity contribution is 5.66. The second kappa shape index (κ2) is 5.80. The van der Waals surface area contributed by atoms with Gasteiger partial charge in [0.15, 0.2) is 0 Å². The zero-order valence-electron chi connectivity index (χ0n) is 11.7. The first kappa shape index (κ1) is 13.4. The maximum atomic E-state index is 10.7. The smallest absolute Gasteiger partial charge is 0.303 e. The molecule has 3 rings (SSSR count). The molecule has 0 aromatic rings. The van der Waals surface area contributed by atoms with Gasteiger partial charge in [0.1, 0.15) is 0 Å². The molecular formula is C15H26N2O2. The SMILES string of the molecule is O=C(O)CCC[C@H]1NC[C@@H]2CCCN3CCCC1[C@H]23. The van der Waals surface area contributed by atoms with Crippen molar-refractivity contribution in [1.82, 2.24) is 10.2 Å². The summed E-state index contributed by atoms with van der Waals surface area (Å²) in [7, 11) is 0. The fraction of sp³-hybridized carbons (Fsp3) is 0.933. The summed E-state index contributed by atoms with van der Waals surface area (Å²) in [6.45, 7) is 3.73. The quantitative estimate of drug-likeness (QED) is 0.813. The van der Waals surface area contributed by atoms with Crippen molar-refractivity contribution in [3.63, 3.8) is 0 Å². The van der Waals surface area contributed by atoms with E-state index in [1.807, 2.05) is 0 Å². The van der Waals surface area contributed by atoms with E-state index < -0.39 is 5.97 Å². The Labute approximate surface area is 115 Å². The molecule has 108 valence electrons. The molecular weight excluding hydrogens is 240 g/mol. The van der Waals surface area contributed by atoms with Crippen LogP contribution in [-0.2, 0) is 4.79 Å². The third kappa shape index (κ3) is 2.79. The number of aliphatic carboxylic acids is 1. The van der Waals surface area contributed by atoms with Crippen LogP contribution in [0.4, 0.5) is 0 Å². The van der Waals surface area contributed by atoms with Gasteiger partial charge in [0.25, 0.3) is 0 Å². The maximum absolute atomic E-state index is 10.7. The maximum Gasteiger partial charge on any atom is 0.303 e. The summed E-state index contributed by atoms with van der Waals surface area (Å²) in [4.78, 5) is 13.4. The molecule has 19 heavy (non-hydrogen) atoms. The molecule has 2 N–H and O–H groups in total. The average Bonchev–Trinajstić information content (AvgIpc) is 2.41. The lowest BCUT2D eigenvalue weighted by atomic mass is 9.70. The molecule has 0 aromatic heterocycles. The third-order valence-electron chi connectivity index (χ3n) is 5.41. The Morgan fingerprint density at radius 1 is 1.26 bits per heavy atom. The first-order chi connectivity index (χ1) is 9.25. The normalized spacial score (nSPS) is 38.7. The van der Waals surface area contributed by atoms with E-state index in [9.17, 15) is 4.79 Å². The van der Waals surface area contributed by atoms with Gasteiger partial charge in [0.05, 0.1) is 0 Å². The number of nitrogens with one attached hydrogen (secondary N) is 1. The first-order valence-electron chi connectivity index (χ1n) is 7.95.